The van der Waals surface area contributed by atoms with E-state index in [1.54, 1.807) is 0 Å². The molecular formula is C55H39N3. The van der Waals surface area contributed by atoms with E-state index in [2.05, 4.69) is 235 Å². The van der Waals surface area contributed by atoms with Gasteiger partial charge in [0.25, 0.3) is 0 Å². The minimum atomic E-state index is -0.486. The molecule has 0 radical (unpaired) electrons. The van der Waals surface area contributed by atoms with Crippen LogP contribution in [-0.4, -0.2) is 9.61 Å². The number of hydrogen-bond donors (Lipinski definition) is 0. The van der Waals surface area contributed by atoms with Crippen LogP contribution in [0.15, 0.2) is 218 Å². The molecule has 3 heteroatoms. The molecule has 1 aliphatic rings. The van der Waals surface area contributed by atoms with Crippen molar-refractivity contribution in [3.8, 4) is 33.6 Å². The molecule has 1 aliphatic carbocycles. The third-order valence-corrected chi connectivity index (χ3v) is 12.0. The predicted molar refractivity (Wildman–Crippen MR) is 240 cm³/mol. The van der Waals surface area contributed by atoms with Crippen molar-refractivity contribution < 1.29 is 0 Å². The zero-order valence-corrected chi connectivity index (χ0v) is 32.1. The Hall–Kier alpha value is -7.49. The van der Waals surface area contributed by atoms with Gasteiger partial charge in [0.2, 0.25) is 0 Å². The Balaban J connectivity index is 1.08. The molecule has 58 heavy (non-hydrogen) atoms. The van der Waals surface area contributed by atoms with Crippen LogP contribution in [0, 0.1) is 6.92 Å². The second kappa shape index (κ2) is 13.6. The summed E-state index contributed by atoms with van der Waals surface area (Å²) in [5.74, 6) is 0. The molecule has 3 nitrogen and oxygen atoms in total. The smallest absolute Gasteiger partial charge is 0.0963 e. The highest BCUT2D eigenvalue weighted by molar-refractivity contribution is 6.01. The Bertz CT molecular complexity index is 3060. The fourth-order valence-corrected chi connectivity index (χ4v) is 9.49. The number of pyridine rings is 1. The van der Waals surface area contributed by atoms with E-state index in [-0.39, 0.29) is 0 Å². The van der Waals surface area contributed by atoms with E-state index >= 15 is 0 Å². The molecule has 11 rings (SSSR count). The lowest BCUT2D eigenvalue weighted by Gasteiger charge is -2.35. The van der Waals surface area contributed by atoms with Gasteiger partial charge in [-0.3, -0.25) is 0 Å². The molecule has 0 amide bonds. The number of nitrogens with zero attached hydrogens (tertiary/aromatic N) is 3. The molecule has 274 valence electrons. The summed E-state index contributed by atoms with van der Waals surface area (Å²) in [7, 11) is 0. The number of benzene rings is 8. The van der Waals surface area contributed by atoms with Crippen molar-refractivity contribution in [1.29, 1.82) is 0 Å². The van der Waals surface area contributed by atoms with Gasteiger partial charge >= 0.3 is 0 Å². The van der Waals surface area contributed by atoms with Crippen LogP contribution in [0.25, 0.3) is 49.9 Å². The molecule has 8 aromatic carbocycles. The number of rotatable bonds is 7. The van der Waals surface area contributed by atoms with Crippen LogP contribution < -0.4 is 4.90 Å². The van der Waals surface area contributed by atoms with Crippen molar-refractivity contribution in [2.75, 3.05) is 4.90 Å². The summed E-state index contributed by atoms with van der Waals surface area (Å²) in [6, 6.07) is 79.1. The molecule has 2 heterocycles. The van der Waals surface area contributed by atoms with Gasteiger partial charge < -0.3 is 4.90 Å². The first-order valence-electron chi connectivity index (χ1n) is 20.0. The van der Waals surface area contributed by atoms with Crippen molar-refractivity contribution in [2.24, 2.45) is 0 Å². The van der Waals surface area contributed by atoms with Crippen LogP contribution in [0.4, 0.5) is 17.1 Å². The Morgan fingerprint density at radius 1 is 0.448 bits per heavy atom. The van der Waals surface area contributed by atoms with Gasteiger partial charge in [-0.05, 0) is 88.2 Å². The maximum absolute atomic E-state index is 5.34. The monoisotopic (exact) mass is 741 g/mol. The van der Waals surface area contributed by atoms with Crippen molar-refractivity contribution in [2.45, 2.75) is 12.3 Å². The van der Waals surface area contributed by atoms with Crippen LogP contribution in [0.2, 0.25) is 0 Å². The van der Waals surface area contributed by atoms with Crippen molar-refractivity contribution in [3.05, 3.63) is 246 Å². The third-order valence-electron chi connectivity index (χ3n) is 12.0. The predicted octanol–water partition coefficient (Wildman–Crippen LogP) is 14.0. The number of aromatic nitrogens is 2. The highest BCUT2D eigenvalue weighted by Gasteiger charge is 2.46. The van der Waals surface area contributed by atoms with Crippen LogP contribution in [0.1, 0.15) is 27.8 Å². The van der Waals surface area contributed by atoms with Gasteiger partial charge in [-0.25, -0.2) is 4.52 Å². The van der Waals surface area contributed by atoms with Gasteiger partial charge in [0.05, 0.1) is 22.3 Å². The lowest BCUT2D eigenvalue weighted by Crippen LogP contribution is -2.28. The molecule has 0 bridgehead atoms. The first kappa shape index (κ1) is 33.8. The molecule has 0 N–H and O–H groups in total. The highest BCUT2D eigenvalue weighted by atomic mass is 15.2. The van der Waals surface area contributed by atoms with Crippen LogP contribution in [0.5, 0.6) is 0 Å². The summed E-state index contributed by atoms with van der Waals surface area (Å²) in [6.07, 6.45) is 0. The van der Waals surface area contributed by atoms with Gasteiger partial charge in [-0.2, -0.15) is 5.10 Å². The largest absolute Gasteiger partial charge is 0.310 e. The molecule has 10 aromatic rings. The summed E-state index contributed by atoms with van der Waals surface area (Å²) in [6.45, 7) is 2.21. The average Bonchev–Trinajstić information content (AvgIpc) is 3.80. The molecular weight excluding hydrogens is 703 g/mol. The number of anilines is 3. The quantitative estimate of drug-likeness (QED) is 0.162. The summed E-state index contributed by atoms with van der Waals surface area (Å²) >= 11 is 0. The molecule has 2 aromatic heterocycles. The zero-order chi connectivity index (χ0) is 38.6. The summed E-state index contributed by atoms with van der Waals surface area (Å²) in [5.41, 5.74) is 17.0. The summed E-state index contributed by atoms with van der Waals surface area (Å²) < 4.78 is 2.14. The molecule has 0 aliphatic heterocycles. The Morgan fingerprint density at radius 2 is 1.00 bits per heavy atom. The number of aryl methyl sites for hydroxylation is 1. The van der Waals surface area contributed by atoms with Gasteiger partial charge in [0, 0.05) is 39.1 Å². The molecule has 0 atom stereocenters. The van der Waals surface area contributed by atoms with Crippen molar-refractivity contribution >= 4 is 33.4 Å². The molecule has 0 saturated heterocycles. The normalized spacial score (nSPS) is 12.7. The Labute approximate surface area is 338 Å². The lowest BCUT2D eigenvalue weighted by molar-refractivity contribution is 0.768. The molecule has 0 unspecified atom stereocenters. The minimum Gasteiger partial charge on any atom is -0.310 e. The average molecular weight is 742 g/mol. The fraction of sp³-hybridized carbons (Fsp3) is 0.0364. The van der Waals surface area contributed by atoms with Gasteiger partial charge in [-0.1, -0.05) is 176 Å². The van der Waals surface area contributed by atoms with Gasteiger partial charge in [-0.15, -0.1) is 0 Å². The van der Waals surface area contributed by atoms with E-state index < -0.39 is 5.41 Å². The van der Waals surface area contributed by atoms with E-state index in [0.29, 0.717) is 0 Å². The number of fused-ring (bicyclic) bond motifs is 6. The third kappa shape index (κ3) is 5.17. The van der Waals surface area contributed by atoms with Crippen molar-refractivity contribution in [3.63, 3.8) is 0 Å². The van der Waals surface area contributed by atoms with Gasteiger partial charge in [0.1, 0.15) is 0 Å². The highest BCUT2D eigenvalue weighted by Crippen LogP contribution is 2.57. The molecule has 0 fully saturated rings. The van der Waals surface area contributed by atoms with Crippen molar-refractivity contribution in [1.82, 2.24) is 9.61 Å². The molecule has 0 saturated carbocycles. The standard InChI is InChI=1S/C55H39N3/c1-38-53(56-58-52(39-18-6-2-7-19-39)36-41-20-14-15-27-47(41)54(38)58)40-30-32-45(33-31-40)57(44-25-12-5-13-26-44)46-34-35-49-48-28-16-17-29-50(48)55(51(49)37-46,42-21-8-3-9-22-42)43-23-10-4-11-24-43/h2-37H,1H3. The first-order chi connectivity index (χ1) is 28.7. The maximum Gasteiger partial charge on any atom is 0.0963 e. The first-order valence-corrected chi connectivity index (χ1v) is 20.0. The van der Waals surface area contributed by atoms with E-state index in [1.807, 2.05) is 0 Å². The SMILES string of the molecule is Cc1c(-c2ccc(N(c3ccccc3)c3ccc4c(c3)C(c3ccccc3)(c3ccccc3)c3ccccc3-4)cc2)nn2c(-c3ccccc3)cc3ccccc3c12. The van der Waals surface area contributed by atoms with E-state index in [1.165, 1.54) is 44.2 Å². The topological polar surface area (TPSA) is 20.5 Å². The number of para-hydroxylation sites is 1. The van der Waals surface area contributed by atoms with E-state index in [9.17, 15) is 0 Å². The van der Waals surface area contributed by atoms with Crippen LogP contribution >= 0.6 is 0 Å². The maximum atomic E-state index is 5.34. The summed E-state index contributed by atoms with van der Waals surface area (Å²) in [5, 5.41) is 7.74. The van der Waals surface area contributed by atoms with Crippen LogP contribution in [0.3, 0.4) is 0 Å². The Morgan fingerprint density at radius 3 is 1.71 bits per heavy atom. The van der Waals surface area contributed by atoms with Gasteiger partial charge in [0.15, 0.2) is 0 Å². The number of hydrogen-bond acceptors (Lipinski definition) is 2. The second-order valence-corrected chi connectivity index (χ2v) is 15.2. The Kier molecular flexibility index (Phi) is 7.94. The van der Waals surface area contributed by atoms with E-state index in [0.717, 1.165) is 50.7 Å². The fourth-order valence-electron chi connectivity index (χ4n) is 9.49. The second-order valence-electron chi connectivity index (χ2n) is 15.2. The lowest BCUT2D eigenvalue weighted by atomic mass is 9.67. The van der Waals surface area contributed by atoms with E-state index in [4.69, 9.17) is 5.10 Å². The minimum absolute atomic E-state index is 0.486. The molecule has 0 spiro atoms. The van der Waals surface area contributed by atoms with Crippen LogP contribution in [-0.2, 0) is 5.41 Å². The summed E-state index contributed by atoms with van der Waals surface area (Å²) in [4.78, 5) is 2.38. The zero-order valence-electron chi connectivity index (χ0n) is 32.1.